The summed E-state index contributed by atoms with van der Waals surface area (Å²) in [6.07, 6.45) is 2.92. The van der Waals surface area contributed by atoms with Crippen molar-refractivity contribution < 1.29 is 4.79 Å². The summed E-state index contributed by atoms with van der Waals surface area (Å²) in [5, 5.41) is 4.57. The van der Waals surface area contributed by atoms with Crippen LogP contribution in [0.1, 0.15) is 39.2 Å². The van der Waals surface area contributed by atoms with E-state index in [1.807, 2.05) is 18.2 Å². The quantitative estimate of drug-likeness (QED) is 0.754. The van der Waals surface area contributed by atoms with Gasteiger partial charge in [-0.1, -0.05) is 24.3 Å². The van der Waals surface area contributed by atoms with Gasteiger partial charge < -0.3 is 9.88 Å². The zero-order valence-electron chi connectivity index (χ0n) is 15.1. The van der Waals surface area contributed by atoms with E-state index >= 15 is 0 Å². The molecule has 1 aliphatic rings. The SMILES string of the molecule is Cc1ccc(C(=O)NC2CCc3c(c4ccccc4n3C)C2)cc1C. The number of fused-ring (bicyclic) bond motifs is 3. The lowest BCUT2D eigenvalue weighted by atomic mass is 9.91. The number of aryl methyl sites for hydroxylation is 3. The van der Waals surface area contributed by atoms with Crippen molar-refractivity contribution in [3.63, 3.8) is 0 Å². The summed E-state index contributed by atoms with van der Waals surface area (Å²) < 4.78 is 2.31. The van der Waals surface area contributed by atoms with Crippen molar-refractivity contribution >= 4 is 16.8 Å². The van der Waals surface area contributed by atoms with Gasteiger partial charge in [-0.2, -0.15) is 0 Å². The number of hydrogen-bond acceptors (Lipinski definition) is 1. The Morgan fingerprint density at radius 2 is 1.92 bits per heavy atom. The number of nitrogens with zero attached hydrogens (tertiary/aromatic N) is 1. The number of amides is 1. The average molecular weight is 332 g/mol. The Morgan fingerprint density at radius 3 is 2.72 bits per heavy atom. The fraction of sp³-hybridized carbons (Fsp3) is 0.318. The molecule has 1 unspecified atom stereocenters. The number of aromatic nitrogens is 1. The van der Waals surface area contributed by atoms with Crippen LogP contribution in [0.5, 0.6) is 0 Å². The third-order valence-electron chi connectivity index (χ3n) is 5.63. The van der Waals surface area contributed by atoms with E-state index in [0.717, 1.165) is 30.4 Å². The van der Waals surface area contributed by atoms with Gasteiger partial charge in [-0.3, -0.25) is 4.79 Å². The Bertz CT molecular complexity index is 968. The highest BCUT2D eigenvalue weighted by Crippen LogP contribution is 2.31. The van der Waals surface area contributed by atoms with Gasteiger partial charge in [0.05, 0.1) is 0 Å². The molecule has 25 heavy (non-hydrogen) atoms. The summed E-state index contributed by atoms with van der Waals surface area (Å²) in [5.41, 5.74) is 7.23. The molecular formula is C22H24N2O. The molecule has 0 fully saturated rings. The van der Waals surface area contributed by atoms with Crippen molar-refractivity contribution in [2.75, 3.05) is 0 Å². The molecule has 4 rings (SSSR count). The third-order valence-corrected chi connectivity index (χ3v) is 5.63. The molecule has 2 aromatic carbocycles. The number of benzene rings is 2. The molecule has 0 spiro atoms. The summed E-state index contributed by atoms with van der Waals surface area (Å²) in [4.78, 5) is 12.6. The fourth-order valence-corrected chi connectivity index (χ4v) is 4.00. The highest BCUT2D eigenvalue weighted by molar-refractivity contribution is 5.95. The maximum atomic E-state index is 12.6. The molecule has 128 valence electrons. The summed E-state index contributed by atoms with van der Waals surface area (Å²) in [7, 11) is 2.15. The predicted octanol–water partition coefficient (Wildman–Crippen LogP) is 4.08. The van der Waals surface area contributed by atoms with Gasteiger partial charge in [-0.05, 0) is 68.0 Å². The lowest BCUT2D eigenvalue weighted by Gasteiger charge is -2.24. The summed E-state index contributed by atoms with van der Waals surface area (Å²) in [6.45, 7) is 4.12. The molecule has 3 nitrogen and oxygen atoms in total. The van der Waals surface area contributed by atoms with Gasteiger partial charge in [0.1, 0.15) is 0 Å². The van der Waals surface area contributed by atoms with E-state index in [-0.39, 0.29) is 11.9 Å². The van der Waals surface area contributed by atoms with Crippen molar-refractivity contribution in [2.45, 2.75) is 39.2 Å². The highest BCUT2D eigenvalue weighted by Gasteiger charge is 2.25. The second-order valence-corrected chi connectivity index (χ2v) is 7.21. The van der Waals surface area contributed by atoms with E-state index in [0.29, 0.717) is 0 Å². The van der Waals surface area contributed by atoms with E-state index in [4.69, 9.17) is 0 Å². The lowest BCUT2D eigenvalue weighted by Crippen LogP contribution is -2.39. The van der Waals surface area contributed by atoms with Crippen LogP contribution in [0.4, 0.5) is 0 Å². The van der Waals surface area contributed by atoms with Crippen molar-refractivity contribution in [2.24, 2.45) is 7.05 Å². The van der Waals surface area contributed by atoms with Crippen LogP contribution in [-0.4, -0.2) is 16.5 Å². The molecule has 1 atom stereocenters. The van der Waals surface area contributed by atoms with E-state index in [9.17, 15) is 4.79 Å². The molecule has 0 bridgehead atoms. The number of carbonyl (C=O) groups is 1. The van der Waals surface area contributed by atoms with Gasteiger partial charge in [-0.25, -0.2) is 0 Å². The van der Waals surface area contributed by atoms with Gasteiger partial charge >= 0.3 is 0 Å². The van der Waals surface area contributed by atoms with E-state index in [1.165, 1.54) is 27.7 Å². The number of hydrogen-bond donors (Lipinski definition) is 1. The van der Waals surface area contributed by atoms with Crippen LogP contribution in [0.15, 0.2) is 42.5 Å². The van der Waals surface area contributed by atoms with E-state index in [2.05, 4.69) is 55.0 Å². The molecule has 0 aliphatic heterocycles. The van der Waals surface area contributed by atoms with Gasteiger partial charge in [0.2, 0.25) is 0 Å². The number of para-hydroxylation sites is 1. The molecule has 3 heteroatoms. The van der Waals surface area contributed by atoms with Crippen LogP contribution in [0.2, 0.25) is 0 Å². The van der Waals surface area contributed by atoms with Crippen molar-refractivity contribution in [1.29, 1.82) is 0 Å². The molecule has 1 aromatic heterocycles. The van der Waals surface area contributed by atoms with E-state index < -0.39 is 0 Å². The zero-order valence-corrected chi connectivity index (χ0v) is 15.1. The lowest BCUT2D eigenvalue weighted by molar-refractivity contribution is 0.0933. The molecule has 1 N–H and O–H groups in total. The van der Waals surface area contributed by atoms with E-state index in [1.54, 1.807) is 0 Å². The van der Waals surface area contributed by atoms with Crippen molar-refractivity contribution in [3.05, 3.63) is 70.4 Å². The van der Waals surface area contributed by atoms with Crippen LogP contribution in [0.25, 0.3) is 10.9 Å². The van der Waals surface area contributed by atoms with Gasteiger partial charge in [0.25, 0.3) is 5.91 Å². The van der Waals surface area contributed by atoms with Crippen LogP contribution >= 0.6 is 0 Å². The smallest absolute Gasteiger partial charge is 0.251 e. The standard InChI is InChI=1S/C22H24N2O/c1-14-8-9-16(12-15(14)2)22(25)23-17-10-11-21-19(13-17)18-6-4-5-7-20(18)24(21)3/h4-9,12,17H,10-11,13H2,1-3H3,(H,23,25). The van der Waals surface area contributed by atoms with Crippen LogP contribution < -0.4 is 5.32 Å². The minimum atomic E-state index is 0.0387. The Kier molecular flexibility index (Phi) is 3.87. The minimum Gasteiger partial charge on any atom is -0.349 e. The minimum absolute atomic E-state index is 0.0387. The summed E-state index contributed by atoms with van der Waals surface area (Å²) in [6, 6.07) is 14.7. The maximum Gasteiger partial charge on any atom is 0.251 e. The first-order valence-corrected chi connectivity index (χ1v) is 8.98. The molecule has 0 radical (unpaired) electrons. The topological polar surface area (TPSA) is 34.0 Å². The van der Waals surface area contributed by atoms with Crippen LogP contribution in [0, 0.1) is 13.8 Å². The Balaban J connectivity index is 1.57. The molecule has 0 saturated carbocycles. The Labute approximate surface area is 148 Å². The molecule has 3 aromatic rings. The highest BCUT2D eigenvalue weighted by atomic mass is 16.1. The second kappa shape index (κ2) is 6.07. The third kappa shape index (κ3) is 2.74. The van der Waals surface area contributed by atoms with Gasteiger partial charge in [0, 0.05) is 35.2 Å². The molecule has 1 aliphatic carbocycles. The maximum absolute atomic E-state index is 12.6. The van der Waals surface area contributed by atoms with Crippen molar-refractivity contribution in [3.8, 4) is 0 Å². The average Bonchev–Trinajstić information content (AvgIpc) is 2.90. The molecule has 1 heterocycles. The normalized spacial score (nSPS) is 16.7. The van der Waals surface area contributed by atoms with Crippen LogP contribution in [-0.2, 0) is 19.9 Å². The fourth-order valence-electron chi connectivity index (χ4n) is 4.00. The Morgan fingerprint density at radius 1 is 1.12 bits per heavy atom. The van der Waals surface area contributed by atoms with Gasteiger partial charge in [0.15, 0.2) is 0 Å². The number of rotatable bonds is 2. The Hall–Kier alpha value is -2.55. The first-order chi connectivity index (χ1) is 12.0. The molecule has 1 amide bonds. The van der Waals surface area contributed by atoms with Gasteiger partial charge in [-0.15, -0.1) is 0 Å². The summed E-state index contributed by atoms with van der Waals surface area (Å²) >= 11 is 0. The second-order valence-electron chi connectivity index (χ2n) is 7.21. The summed E-state index contributed by atoms with van der Waals surface area (Å²) in [5.74, 6) is 0.0387. The van der Waals surface area contributed by atoms with Crippen molar-refractivity contribution in [1.82, 2.24) is 9.88 Å². The predicted molar refractivity (Wildman–Crippen MR) is 102 cm³/mol. The molecular weight excluding hydrogens is 308 g/mol. The first kappa shape index (κ1) is 15.9. The largest absolute Gasteiger partial charge is 0.349 e. The monoisotopic (exact) mass is 332 g/mol. The number of carbonyl (C=O) groups excluding carboxylic acids is 1. The number of nitrogens with one attached hydrogen (secondary N) is 1. The zero-order chi connectivity index (χ0) is 17.6. The molecule has 0 saturated heterocycles. The first-order valence-electron chi connectivity index (χ1n) is 8.98. The van der Waals surface area contributed by atoms with Crippen LogP contribution in [0.3, 0.4) is 0 Å².